The summed E-state index contributed by atoms with van der Waals surface area (Å²) in [6.45, 7) is 1.96. The van der Waals surface area contributed by atoms with Gasteiger partial charge in [0.05, 0.1) is 5.56 Å². The van der Waals surface area contributed by atoms with Crippen LogP contribution in [0.4, 0.5) is 0 Å². The third-order valence-electron chi connectivity index (χ3n) is 3.71. The molecule has 2 aromatic rings. The topological polar surface area (TPSA) is 74.6 Å². The summed E-state index contributed by atoms with van der Waals surface area (Å²) < 4.78 is 0. The number of aromatic hydroxyl groups is 2. The second-order valence-electron chi connectivity index (χ2n) is 5.14. The highest BCUT2D eigenvalue weighted by Crippen LogP contribution is 2.36. The zero-order chi connectivity index (χ0) is 15.1. The van der Waals surface area contributed by atoms with Gasteiger partial charge in [-0.3, -0.25) is 9.59 Å². The number of hydrogen-bond donors (Lipinski definition) is 2. The number of benzene rings is 2. The normalized spacial score (nSPS) is 13.0. The Labute approximate surface area is 121 Å². The minimum atomic E-state index is -0.360. The van der Waals surface area contributed by atoms with Crippen molar-refractivity contribution in [3.05, 3.63) is 58.1 Å². The van der Waals surface area contributed by atoms with Gasteiger partial charge in [-0.25, -0.2) is 0 Å². The second-order valence-corrected chi connectivity index (χ2v) is 5.14. The first-order valence-corrected chi connectivity index (χ1v) is 6.81. The molecule has 2 N–H and O–H groups in total. The maximum atomic E-state index is 12.7. The van der Waals surface area contributed by atoms with Crippen LogP contribution in [0.15, 0.2) is 30.3 Å². The lowest BCUT2D eigenvalue weighted by atomic mass is 9.80. The van der Waals surface area contributed by atoms with E-state index in [-0.39, 0.29) is 39.8 Å². The van der Waals surface area contributed by atoms with Crippen LogP contribution in [0.25, 0.3) is 0 Å². The number of rotatable bonds is 2. The molecular weight excluding hydrogens is 268 g/mol. The SMILES string of the molecule is CCCc1cc(O)cc2c1C(=O)c1c(O)cccc1C2=O. The second kappa shape index (κ2) is 4.74. The Hall–Kier alpha value is -2.62. The molecule has 0 bridgehead atoms. The van der Waals surface area contributed by atoms with Gasteiger partial charge in [-0.1, -0.05) is 25.5 Å². The lowest BCUT2D eigenvalue weighted by Gasteiger charge is -2.21. The van der Waals surface area contributed by atoms with E-state index in [1.54, 1.807) is 0 Å². The van der Waals surface area contributed by atoms with Crippen molar-refractivity contribution >= 4 is 11.6 Å². The first kappa shape index (κ1) is 13.4. The molecule has 0 radical (unpaired) electrons. The van der Waals surface area contributed by atoms with E-state index in [1.807, 2.05) is 6.92 Å². The first-order valence-electron chi connectivity index (χ1n) is 6.81. The third-order valence-corrected chi connectivity index (χ3v) is 3.71. The molecule has 0 aromatic heterocycles. The maximum Gasteiger partial charge on any atom is 0.198 e. The van der Waals surface area contributed by atoms with Crippen molar-refractivity contribution in [2.45, 2.75) is 19.8 Å². The number of ketones is 2. The van der Waals surface area contributed by atoms with Crippen molar-refractivity contribution < 1.29 is 19.8 Å². The maximum absolute atomic E-state index is 12.7. The number of aryl methyl sites for hydroxylation is 1. The van der Waals surface area contributed by atoms with Gasteiger partial charge in [-0.2, -0.15) is 0 Å². The lowest BCUT2D eigenvalue weighted by Crippen LogP contribution is -2.22. The van der Waals surface area contributed by atoms with Gasteiger partial charge in [-0.05, 0) is 30.2 Å². The van der Waals surface area contributed by atoms with Crippen LogP contribution in [-0.4, -0.2) is 21.8 Å². The highest BCUT2D eigenvalue weighted by molar-refractivity contribution is 6.29. The minimum absolute atomic E-state index is 0.0260. The average molecular weight is 282 g/mol. The third kappa shape index (κ3) is 1.91. The summed E-state index contributed by atoms with van der Waals surface area (Å²) in [5.41, 5.74) is 1.38. The van der Waals surface area contributed by atoms with Crippen molar-refractivity contribution in [1.82, 2.24) is 0 Å². The molecule has 0 heterocycles. The Kier molecular flexibility index (Phi) is 3.01. The smallest absolute Gasteiger partial charge is 0.198 e. The fraction of sp³-hybridized carbons (Fsp3) is 0.176. The summed E-state index contributed by atoms with van der Waals surface area (Å²) in [5.74, 6) is -0.918. The zero-order valence-corrected chi connectivity index (χ0v) is 11.5. The molecule has 2 aromatic carbocycles. The molecule has 0 unspecified atom stereocenters. The molecule has 0 atom stereocenters. The Balaban J connectivity index is 2.33. The quantitative estimate of drug-likeness (QED) is 0.758. The molecule has 0 amide bonds. The van der Waals surface area contributed by atoms with Crippen LogP contribution in [0.2, 0.25) is 0 Å². The minimum Gasteiger partial charge on any atom is -0.508 e. The number of phenolic OH excluding ortho intramolecular Hbond substituents is 2. The standard InChI is InChI=1S/C17H14O4/c1-2-4-9-7-10(18)8-12-14(9)17(21)15-11(16(12)20)5-3-6-13(15)19/h3,5-8,18-19H,2,4H2,1H3. The van der Waals surface area contributed by atoms with Gasteiger partial charge in [0.1, 0.15) is 11.5 Å². The average Bonchev–Trinajstić information content (AvgIpc) is 2.44. The number of carbonyl (C=O) groups excluding carboxylic acids is 2. The van der Waals surface area contributed by atoms with Gasteiger partial charge in [0.15, 0.2) is 11.6 Å². The van der Waals surface area contributed by atoms with Crippen LogP contribution < -0.4 is 0 Å². The zero-order valence-electron chi connectivity index (χ0n) is 11.5. The number of hydrogen-bond acceptors (Lipinski definition) is 4. The van der Waals surface area contributed by atoms with E-state index in [4.69, 9.17) is 0 Å². The van der Waals surface area contributed by atoms with Crippen LogP contribution in [-0.2, 0) is 6.42 Å². The molecule has 1 aliphatic rings. The molecule has 0 saturated carbocycles. The molecule has 0 aliphatic heterocycles. The molecule has 21 heavy (non-hydrogen) atoms. The Morgan fingerprint density at radius 2 is 1.71 bits per heavy atom. The van der Waals surface area contributed by atoms with E-state index in [1.165, 1.54) is 30.3 Å². The molecule has 106 valence electrons. The Bertz CT molecular complexity index is 775. The van der Waals surface area contributed by atoms with Gasteiger partial charge in [-0.15, -0.1) is 0 Å². The summed E-state index contributed by atoms with van der Waals surface area (Å²) in [6, 6.07) is 7.27. The molecule has 1 aliphatic carbocycles. The fourth-order valence-electron chi connectivity index (χ4n) is 2.84. The Morgan fingerprint density at radius 1 is 0.952 bits per heavy atom. The van der Waals surface area contributed by atoms with Crippen molar-refractivity contribution in [2.75, 3.05) is 0 Å². The largest absolute Gasteiger partial charge is 0.508 e. The summed E-state index contributed by atoms with van der Waals surface area (Å²) in [5, 5.41) is 19.7. The molecule has 4 heteroatoms. The van der Waals surface area contributed by atoms with Gasteiger partial charge >= 0.3 is 0 Å². The van der Waals surface area contributed by atoms with Crippen LogP contribution in [0.3, 0.4) is 0 Å². The fourth-order valence-corrected chi connectivity index (χ4v) is 2.84. The van der Waals surface area contributed by atoms with Crippen molar-refractivity contribution in [2.24, 2.45) is 0 Å². The van der Waals surface area contributed by atoms with Crippen molar-refractivity contribution in [1.29, 1.82) is 0 Å². The highest BCUT2D eigenvalue weighted by Gasteiger charge is 2.33. The van der Waals surface area contributed by atoms with Gasteiger partial charge in [0.2, 0.25) is 0 Å². The van der Waals surface area contributed by atoms with E-state index in [0.717, 1.165) is 6.42 Å². The lowest BCUT2D eigenvalue weighted by molar-refractivity contribution is 0.0975. The van der Waals surface area contributed by atoms with Gasteiger partial charge in [0, 0.05) is 16.7 Å². The van der Waals surface area contributed by atoms with E-state index < -0.39 is 0 Å². The molecule has 0 spiro atoms. The van der Waals surface area contributed by atoms with E-state index in [9.17, 15) is 19.8 Å². The predicted octanol–water partition coefficient (Wildman–Crippen LogP) is 2.83. The van der Waals surface area contributed by atoms with Gasteiger partial charge in [0.25, 0.3) is 0 Å². The van der Waals surface area contributed by atoms with Crippen LogP contribution in [0.1, 0.15) is 50.8 Å². The molecule has 3 rings (SSSR count). The van der Waals surface area contributed by atoms with Crippen molar-refractivity contribution in [3.8, 4) is 11.5 Å². The number of carbonyl (C=O) groups is 2. The summed E-state index contributed by atoms with van der Waals surface area (Å²) >= 11 is 0. The monoisotopic (exact) mass is 282 g/mol. The predicted molar refractivity (Wildman–Crippen MR) is 77.1 cm³/mol. The molecule has 4 nitrogen and oxygen atoms in total. The van der Waals surface area contributed by atoms with Crippen molar-refractivity contribution in [3.63, 3.8) is 0 Å². The number of fused-ring (bicyclic) bond motifs is 2. The van der Waals surface area contributed by atoms with Gasteiger partial charge < -0.3 is 10.2 Å². The first-order chi connectivity index (χ1) is 10.0. The van der Waals surface area contributed by atoms with Crippen LogP contribution in [0, 0.1) is 0 Å². The summed E-state index contributed by atoms with van der Waals surface area (Å²) in [7, 11) is 0. The molecular formula is C17H14O4. The van der Waals surface area contributed by atoms with E-state index in [0.29, 0.717) is 17.5 Å². The Morgan fingerprint density at radius 3 is 2.43 bits per heavy atom. The van der Waals surface area contributed by atoms with E-state index in [2.05, 4.69) is 0 Å². The van der Waals surface area contributed by atoms with Crippen LogP contribution >= 0.6 is 0 Å². The number of phenols is 2. The van der Waals surface area contributed by atoms with E-state index >= 15 is 0 Å². The van der Waals surface area contributed by atoms with Crippen LogP contribution in [0.5, 0.6) is 11.5 Å². The molecule has 0 fully saturated rings. The molecule has 0 saturated heterocycles. The highest BCUT2D eigenvalue weighted by atomic mass is 16.3. The summed E-state index contributed by atoms with van der Waals surface area (Å²) in [6.07, 6.45) is 1.36. The summed E-state index contributed by atoms with van der Waals surface area (Å²) in [4.78, 5) is 25.2.